The van der Waals surface area contributed by atoms with Gasteiger partial charge in [-0.1, -0.05) is 13.8 Å². The van der Waals surface area contributed by atoms with Crippen LogP contribution in [-0.2, 0) is 4.74 Å². The monoisotopic (exact) mass is 218 g/mol. The van der Waals surface area contributed by atoms with Crippen molar-refractivity contribution >= 4 is 11.8 Å². The van der Waals surface area contributed by atoms with E-state index in [2.05, 4.69) is 13.8 Å². The van der Waals surface area contributed by atoms with Gasteiger partial charge in [0.1, 0.15) is 0 Å². The first-order chi connectivity index (χ1) is 6.70. The fraction of sp³-hybridized carbons (Fsp3) is 1.00. The molecule has 0 amide bonds. The minimum atomic E-state index is -0.168. The summed E-state index contributed by atoms with van der Waals surface area (Å²) in [4.78, 5) is 0. The maximum Gasteiger partial charge on any atom is 0.0680 e. The van der Waals surface area contributed by atoms with E-state index in [1.54, 1.807) is 0 Å². The van der Waals surface area contributed by atoms with E-state index in [0.29, 0.717) is 5.92 Å². The standard InChI is InChI=1S/C11H22O2S/c1-9(2)7-14-8-11(12)10-4-3-5-13-6-10/h9-12H,3-8H2,1-2H3. The molecule has 14 heavy (non-hydrogen) atoms. The summed E-state index contributed by atoms with van der Waals surface area (Å²) in [6, 6.07) is 0. The van der Waals surface area contributed by atoms with Crippen molar-refractivity contribution in [2.45, 2.75) is 32.8 Å². The molecule has 84 valence electrons. The third kappa shape index (κ3) is 4.67. The summed E-state index contributed by atoms with van der Waals surface area (Å²) in [7, 11) is 0. The molecule has 0 aromatic rings. The molecule has 1 N–H and O–H groups in total. The van der Waals surface area contributed by atoms with Crippen LogP contribution in [0.15, 0.2) is 0 Å². The fourth-order valence-electron chi connectivity index (χ4n) is 1.63. The van der Waals surface area contributed by atoms with Crippen LogP contribution in [0, 0.1) is 11.8 Å². The van der Waals surface area contributed by atoms with Crippen LogP contribution in [0.25, 0.3) is 0 Å². The Morgan fingerprint density at radius 1 is 1.43 bits per heavy atom. The maximum atomic E-state index is 9.89. The molecule has 1 saturated heterocycles. The zero-order valence-corrected chi connectivity index (χ0v) is 10.1. The van der Waals surface area contributed by atoms with Crippen LogP contribution in [0.5, 0.6) is 0 Å². The number of ether oxygens (including phenoxy) is 1. The van der Waals surface area contributed by atoms with Gasteiger partial charge in [-0.3, -0.25) is 0 Å². The van der Waals surface area contributed by atoms with Crippen molar-refractivity contribution in [3.8, 4) is 0 Å². The largest absolute Gasteiger partial charge is 0.392 e. The second-order valence-corrected chi connectivity index (χ2v) is 5.55. The Morgan fingerprint density at radius 2 is 2.21 bits per heavy atom. The number of hydrogen-bond donors (Lipinski definition) is 1. The van der Waals surface area contributed by atoms with E-state index in [9.17, 15) is 5.11 Å². The van der Waals surface area contributed by atoms with Gasteiger partial charge < -0.3 is 9.84 Å². The summed E-state index contributed by atoms with van der Waals surface area (Å²) >= 11 is 1.86. The Bertz CT molecular complexity index is 144. The smallest absolute Gasteiger partial charge is 0.0680 e. The molecule has 0 radical (unpaired) electrons. The van der Waals surface area contributed by atoms with Crippen LogP contribution < -0.4 is 0 Å². The zero-order valence-electron chi connectivity index (χ0n) is 9.24. The summed E-state index contributed by atoms with van der Waals surface area (Å²) < 4.78 is 5.36. The lowest BCUT2D eigenvalue weighted by Gasteiger charge is -2.26. The Morgan fingerprint density at radius 3 is 2.79 bits per heavy atom. The van der Waals surface area contributed by atoms with Crippen LogP contribution in [-0.4, -0.2) is 35.9 Å². The van der Waals surface area contributed by atoms with Gasteiger partial charge in [0.25, 0.3) is 0 Å². The van der Waals surface area contributed by atoms with Crippen molar-refractivity contribution < 1.29 is 9.84 Å². The summed E-state index contributed by atoms with van der Waals surface area (Å²) in [5, 5.41) is 9.89. The first kappa shape index (κ1) is 12.3. The molecular formula is C11H22O2S. The molecule has 0 bridgehead atoms. The predicted octanol–water partition coefficient (Wildman–Crippen LogP) is 2.16. The molecule has 0 spiro atoms. The molecule has 1 rings (SSSR count). The molecule has 1 fully saturated rings. The highest BCUT2D eigenvalue weighted by atomic mass is 32.2. The van der Waals surface area contributed by atoms with Gasteiger partial charge in [0.05, 0.1) is 12.7 Å². The molecule has 1 aliphatic rings. The number of thioether (sulfide) groups is 1. The summed E-state index contributed by atoms with van der Waals surface area (Å²) in [6.07, 6.45) is 2.07. The highest BCUT2D eigenvalue weighted by Gasteiger charge is 2.21. The third-order valence-corrected chi connectivity index (χ3v) is 3.96. The number of aliphatic hydroxyl groups is 1. The van der Waals surface area contributed by atoms with Crippen molar-refractivity contribution in [2.24, 2.45) is 11.8 Å². The topological polar surface area (TPSA) is 29.5 Å². The lowest BCUT2D eigenvalue weighted by molar-refractivity contribution is -0.0000435. The van der Waals surface area contributed by atoms with Gasteiger partial charge in [0, 0.05) is 18.3 Å². The van der Waals surface area contributed by atoms with E-state index >= 15 is 0 Å². The van der Waals surface area contributed by atoms with E-state index in [-0.39, 0.29) is 6.10 Å². The molecule has 0 aliphatic carbocycles. The summed E-state index contributed by atoms with van der Waals surface area (Å²) in [5.41, 5.74) is 0. The van der Waals surface area contributed by atoms with Crippen LogP contribution >= 0.6 is 11.8 Å². The average molecular weight is 218 g/mol. The third-order valence-electron chi connectivity index (χ3n) is 2.48. The lowest BCUT2D eigenvalue weighted by atomic mass is 9.97. The van der Waals surface area contributed by atoms with Crippen LogP contribution in [0.1, 0.15) is 26.7 Å². The minimum Gasteiger partial charge on any atom is -0.392 e. The fourth-order valence-corrected chi connectivity index (χ4v) is 2.75. The van der Waals surface area contributed by atoms with Gasteiger partial charge >= 0.3 is 0 Å². The second kappa shape index (κ2) is 6.70. The molecule has 1 heterocycles. The zero-order chi connectivity index (χ0) is 10.4. The molecule has 2 unspecified atom stereocenters. The summed E-state index contributed by atoms with van der Waals surface area (Å²) in [5.74, 6) is 3.11. The SMILES string of the molecule is CC(C)CSCC(O)C1CCCOC1. The lowest BCUT2D eigenvalue weighted by Crippen LogP contribution is -2.30. The van der Waals surface area contributed by atoms with Crippen LogP contribution in [0.2, 0.25) is 0 Å². The van der Waals surface area contributed by atoms with Gasteiger partial charge in [-0.05, 0) is 24.5 Å². The van der Waals surface area contributed by atoms with Gasteiger partial charge in [-0.25, -0.2) is 0 Å². The molecule has 1 aliphatic heterocycles. The van der Waals surface area contributed by atoms with E-state index < -0.39 is 0 Å². The number of aliphatic hydroxyl groups excluding tert-OH is 1. The average Bonchev–Trinajstić information content (AvgIpc) is 2.18. The van der Waals surface area contributed by atoms with E-state index in [0.717, 1.165) is 43.5 Å². The van der Waals surface area contributed by atoms with Crippen molar-refractivity contribution in [2.75, 3.05) is 24.7 Å². The van der Waals surface area contributed by atoms with Crippen molar-refractivity contribution in [3.63, 3.8) is 0 Å². The normalized spacial score (nSPS) is 25.3. The van der Waals surface area contributed by atoms with Crippen LogP contribution in [0.3, 0.4) is 0 Å². The van der Waals surface area contributed by atoms with Gasteiger partial charge in [-0.2, -0.15) is 11.8 Å². The van der Waals surface area contributed by atoms with Crippen molar-refractivity contribution in [1.82, 2.24) is 0 Å². The predicted molar refractivity (Wildman–Crippen MR) is 61.7 cm³/mol. The Hall–Kier alpha value is 0.270. The van der Waals surface area contributed by atoms with Crippen LogP contribution in [0.4, 0.5) is 0 Å². The first-order valence-corrected chi connectivity index (χ1v) is 6.69. The van der Waals surface area contributed by atoms with Crippen molar-refractivity contribution in [1.29, 1.82) is 0 Å². The Balaban J connectivity index is 2.10. The Labute approximate surface area is 91.4 Å². The molecule has 3 heteroatoms. The highest BCUT2D eigenvalue weighted by Crippen LogP contribution is 2.20. The quantitative estimate of drug-likeness (QED) is 0.767. The molecule has 0 aromatic carbocycles. The molecule has 0 aromatic heterocycles. The van der Waals surface area contributed by atoms with E-state index in [4.69, 9.17) is 4.74 Å². The molecule has 2 nitrogen and oxygen atoms in total. The Kier molecular flexibility index (Phi) is 5.90. The van der Waals surface area contributed by atoms with E-state index in [1.165, 1.54) is 0 Å². The first-order valence-electron chi connectivity index (χ1n) is 5.53. The maximum absolute atomic E-state index is 9.89. The minimum absolute atomic E-state index is 0.168. The van der Waals surface area contributed by atoms with Gasteiger partial charge in [-0.15, -0.1) is 0 Å². The number of hydrogen-bond acceptors (Lipinski definition) is 3. The van der Waals surface area contributed by atoms with Gasteiger partial charge in [0.15, 0.2) is 0 Å². The van der Waals surface area contributed by atoms with E-state index in [1.807, 2.05) is 11.8 Å². The number of rotatable bonds is 5. The molecule has 0 saturated carbocycles. The highest BCUT2D eigenvalue weighted by molar-refractivity contribution is 7.99. The van der Waals surface area contributed by atoms with Crippen molar-refractivity contribution in [3.05, 3.63) is 0 Å². The second-order valence-electron chi connectivity index (χ2n) is 4.48. The molecular weight excluding hydrogens is 196 g/mol. The molecule has 2 atom stereocenters. The summed E-state index contributed by atoms with van der Waals surface area (Å²) in [6.45, 7) is 6.05. The van der Waals surface area contributed by atoms with Gasteiger partial charge in [0.2, 0.25) is 0 Å².